The van der Waals surface area contributed by atoms with E-state index < -0.39 is 5.82 Å². The lowest BCUT2D eigenvalue weighted by atomic mass is 10.2. The standard InChI is InChI=1S/C11H9BrFN3O/c12-10-8(2-1-3-9(10)13)11(17)14-6-7-4-5-15-16-7/h1-5H,6H2,(H,14,17)(H,15,16). The zero-order valence-corrected chi connectivity index (χ0v) is 10.3. The minimum atomic E-state index is -0.459. The third-order valence-electron chi connectivity index (χ3n) is 2.19. The third kappa shape index (κ3) is 2.71. The lowest BCUT2D eigenvalue weighted by Crippen LogP contribution is -2.23. The first-order chi connectivity index (χ1) is 8.18. The Hall–Kier alpha value is -1.69. The predicted octanol–water partition coefficient (Wildman–Crippen LogP) is 2.24. The van der Waals surface area contributed by atoms with Gasteiger partial charge < -0.3 is 5.32 Å². The maximum absolute atomic E-state index is 13.2. The average molecular weight is 298 g/mol. The van der Waals surface area contributed by atoms with Crippen molar-refractivity contribution in [2.24, 2.45) is 0 Å². The van der Waals surface area contributed by atoms with Gasteiger partial charge >= 0.3 is 0 Å². The second-order valence-corrected chi connectivity index (χ2v) is 4.16. The molecule has 6 heteroatoms. The molecule has 0 unspecified atom stereocenters. The number of carbonyl (C=O) groups is 1. The van der Waals surface area contributed by atoms with Crippen LogP contribution in [-0.2, 0) is 6.54 Å². The third-order valence-corrected chi connectivity index (χ3v) is 3.00. The molecule has 0 spiro atoms. The Morgan fingerprint density at radius 1 is 1.47 bits per heavy atom. The molecule has 0 aliphatic rings. The first-order valence-corrected chi connectivity index (χ1v) is 5.68. The van der Waals surface area contributed by atoms with Crippen molar-refractivity contribution in [3.05, 3.63) is 52.0 Å². The van der Waals surface area contributed by atoms with E-state index in [0.29, 0.717) is 6.54 Å². The molecule has 4 nitrogen and oxygen atoms in total. The number of hydrogen-bond donors (Lipinski definition) is 2. The Balaban J connectivity index is 2.07. The Morgan fingerprint density at radius 3 is 3.00 bits per heavy atom. The summed E-state index contributed by atoms with van der Waals surface area (Å²) >= 11 is 3.04. The van der Waals surface area contributed by atoms with Crippen LogP contribution in [0.1, 0.15) is 16.1 Å². The smallest absolute Gasteiger partial charge is 0.252 e. The Morgan fingerprint density at radius 2 is 2.29 bits per heavy atom. The molecule has 0 saturated heterocycles. The molecule has 0 radical (unpaired) electrons. The van der Waals surface area contributed by atoms with Crippen LogP contribution in [0, 0.1) is 5.82 Å². The molecule has 1 aromatic carbocycles. The number of aromatic nitrogens is 2. The van der Waals surface area contributed by atoms with Gasteiger partial charge in [-0.2, -0.15) is 5.10 Å². The van der Waals surface area contributed by atoms with E-state index >= 15 is 0 Å². The van der Waals surface area contributed by atoms with Gasteiger partial charge in [0, 0.05) is 6.20 Å². The number of benzene rings is 1. The zero-order chi connectivity index (χ0) is 12.3. The minimum Gasteiger partial charge on any atom is -0.346 e. The predicted molar refractivity (Wildman–Crippen MR) is 63.9 cm³/mol. The molecule has 0 saturated carbocycles. The summed E-state index contributed by atoms with van der Waals surface area (Å²) in [5.74, 6) is -0.801. The van der Waals surface area contributed by atoms with Gasteiger partial charge in [-0.1, -0.05) is 6.07 Å². The maximum atomic E-state index is 13.2. The summed E-state index contributed by atoms with van der Waals surface area (Å²) in [6, 6.07) is 6.08. The molecule has 1 aromatic heterocycles. The number of amides is 1. The monoisotopic (exact) mass is 297 g/mol. The zero-order valence-electron chi connectivity index (χ0n) is 8.71. The van der Waals surface area contributed by atoms with Crippen LogP contribution in [0.3, 0.4) is 0 Å². The average Bonchev–Trinajstić information content (AvgIpc) is 2.82. The largest absolute Gasteiger partial charge is 0.346 e. The van der Waals surface area contributed by atoms with E-state index in [1.54, 1.807) is 18.3 Å². The quantitative estimate of drug-likeness (QED) is 0.913. The molecule has 0 fully saturated rings. The van der Waals surface area contributed by atoms with Crippen LogP contribution in [0.5, 0.6) is 0 Å². The summed E-state index contributed by atoms with van der Waals surface area (Å²) in [5.41, 5.74) is 1.05. The molecule has 2 aromatic rings. The fraction of sp³-hybridized carbons (Fsp3) is 0.0909. The Kier molecular flexibility index (Phi) is 3.53. The number of H-pyrrole nitrogens is 1. The molecule has 1 amide bonds. The second kappa shape index (κ2) is 5.09. The summed E-state index contributed by atoms with van der Waals surface area (Å²) in [5, 5.41) is 9.14. The SMILES string of the molecule is O=C(NCc1ccn[nH]1)c1cccc(F)c1Br. The van der Waals surface area contributed by atoms with Crippen LogP contribution in [0.4, 0.5) is 4.39 Å². The first kappa shape index (κ1) is 11.8. The lowest BCUT2D eigenvalue weighted by molar-refractivity contribution is 0.0949. The molecule has 88 valence electrons. The molecule has 2 N–H and O–H groups in total. The van der Waals surface area contributed by atoms with Crippen molar-refractivity contribution in [1.82, 2.24) is 15.5 Å². The number of halogens is 2. The Bertz CT molecular complexity index is 528. The lowest BCUT2D eigenvalue weighted by Gasteiger charge is -2.06. The van der Waals surface area contributed by atoms with Crippen LogP contribution in [-0.4, -0.2) is 16.1 Å². The first-order valence-electron chi connectivity index (χ1n) is 4.89. The number of nitrogens with zero attached hydrogens (tertiary/aromatic N) is 1. The van der Waals surface area contributed by atoms with E-state index in [9.17, 15) is 9.18 Å². The van der Waals surface area contributed by atoms with Crippen LogP contribution >= 0.6 is 15.9 Å². The van der Waals surface area contributed by atoms with E-state index in [-0.39, 0.29) is 15.9 Å². The highest BCUT2D eigenvalue weighted by atomic mass is 79.9. The highest BCUT2D eigenvalue weighted by molar-refractivity contribution is 9.10. The molecule has 0 atom stereocenters. The second-order valence-electron chi connectivity index (χ2n) is 3.37. The van der Waals surface area contributed by atoms with Crippen molar-refractivity contribution >= 4 is 21.8 Å². The Labute approximate surface area is 105 Å². The van der Waals surface area contributed by atoms with Crippen LogP contribution in [0.2, 0.25) is 0 Å². The molecule has 17 heavy (non-hydrogen) atoms. The van der Waals surface area contributed by atoms with Gasteiger partial charge in [0.1, 0.15) is 5.82 Å². The van der Waals surface area contributed by atoms with E-state index in [4.69, 9.17) is 0 Å². The topological polar surface area (TPSA) is 57.8 Å². The van der Waals surface area contributed by atoms with Gasteiger partial charge in [-0.05, 0) is 34.1 Å². The molecular formula is C11H9BrFN3O. The summed E-state index contributed by atoms with van der Waals surface area (Å²) in [4.78, 5) is 11.8. The minimum absolute atomic E-state index is 0.169. The van der Waals surface area contributed by atoms with Crippen LogP contribution < -0.4 is 5.32 Å². The maximum Gasteiger partial charge on any atom is 0.252 e. The van der Waals surface area contributed by atoms with Gasteiger partial charge in [0.05, 0.1) is 22.3 Å². The van der Waals surface area contributed by atoms with E-state index in [1.165, 1.54) is 12.1 Å². The summed E-state index contributed by atoms with van der Waals surface area (Å²) in [6.07, 6.45) is 1.60. The van der Waals surface area contributed by atoms with Gasteiger partial charge in [-0.25, -0.2) is 4.39 Å². The van der Waals surface area contributed by atoms with E-state index in [2.05, 4.69) is 31.4 Å². The van der Waals surface area contributed by atoms with E-state index in [0.717, 1.165) is 5.69 Å². The molecule has 1 heterocycles. The summed E-state index contributed by atoms with van der Waals surface area (Å²) in [7, 11) is 0. The van der Waals surface area contributed by atoms with Gasteiger partial charge in [0.25, 0.3) is 5.91 Å². The van der Waals surface area contributed by atoms with E-state index in [1.807, 2.05) is 0 Å². The van der Waals surface area contributed by atoms with Crippen molar-refractivity contribution in [3.8, 4) is 0 Å². The van der Waals surface area contributed by atoms with Crippen molar-refractivity contribution in [1.29, 1.82) is 0 Å². The summed E-state index contributed by atoms with van der Waals surface area (Å²) in [6.45, 7) is 0.321. The van der Waals surface area contributed by atoms with Crippen LogP contribution in [0.25, 0.3) is 0 Å². The van der Waals surface area contributed by atoms with Crippen molar-refractivity contribution < 1.29 is 9.18 Å². The number of aromatic amines is 1. The van der Waals surface area contributed by atoms with Crippen molar-refractivity contribution in [2.75, 3.05) is 0 Å². The van der Waals surface area contributed by atoms with Gasteiger partial charge in [-0.15, -0.1) is 0 Å². The van der Waals surface area contributed by atoms with Crippen molar-refractivity contribution in [3.63, 3.8) is 0 Å². The number of carbonyl (C=O) groups excluding carboxylic acids is 1. The molecule has 0 bridgehead atoms. The van der Waals surface area contributed by atoms with Gasteiger partial charge in [0.15, 0.2) is 0 Å². The molecule has 2 rings (SSSR count). The normalized spacial score (nSPS) is 10.2. The number of rotatable bonds is 3. The summed E-state index contributed by atoms with van der Waals surface area (Å²) < 4.78 is 13.4. The van der Waals surface area contributed by atoms with Crippen molar-refractivity contribution in [2.45, 2.75) is 6.54 Å². The fourth-order valence-electron chi connectivity index (χ4n) is 1.33. The van der Waals surface area contributed by atoms with Gasteiger partial charge in [-0.3, -0.25) is 9.89 Å². The molecule has 0 aliphatic heterocycles. The number of hydrogen-bond acceptors (Lipinski definition) is 2. The van der Waals surface area contributed by atoms with Crippen LogP contribution in [0.15, 0.2) is 34.9 Å². The number of nitrogens with one attached hydrogen (secondary N) is 2. The van der Waals surface area contributed by atoms with Gasteiger partial charge in [0.2, 0.25) is 0 Å². The molecule has 0 aliphatic carbocycles. The highest BCUT2D eigenvalue weighted by Crippen LogP contribution is 2.20. The highest BCUT2D eigenvalue weighted by Gasteiger charge is 2.12. The molecular weight excluding hydrogens is 289 g/mol. The fourth-order valence-corrected chi connectivity index (χ4v) is 1.78.